The molecule has 0 aliphatic carbocycles. The van der Waals surface area contributed by atoms with E-state index in [-0.39, 0.29) is 5.82 Å². The molecule has 0 aliphatic rings. The van der Waals surface area contributed by atoms with Crippen LogP contribution >= 0.6 is 23.2 Å². The Labute approximate surface area is 184 Å². The first kappa shape index (κ1) is 20.1. The van der Waals surface area contributed by atoms with Crippen molar-refractivity contribution in [2.75, 3.05) is 5.32 Å². The van der Waals surface area contributed by atoms with Crippen LogP contribution in [-0.4, -0.2) is 20.7 Å². The Kier molecular flexibility index (Phi) is 5.57. The molecule has 1 N–H and O–H groups in total. The van der Waals surface area contributed by atoms with Gasteiger partial charge in [-0.25, -0.2) is 9.67 Å². The van der Waals surface area contributed by atoms with Gasteiger partial charge in [0.1, 0.15) is 0 Å². The predicted molar refractivity (Wildman–Crippen MR) is 121 cm³/mol. The molecule has 1 aromatic heterocycles. The number of benzene rings is 3. The highest BCUT2D eigenvalue weighted by atomic mass is 35.5. The number of aromatic nitrogens is 3. The lowest BCUT2D eigenvalue weighted by molar-refractivity contribution is 0.101. The fourth-order valence-corrected chi connectivity index (χ4v) is 3.36. The summed E-state index contributed by atoms with van der Waals surface area (Å²) >= 11 is 12.2. The van der Waals surface area contributed by atoms with E-state index in [1.807, 2.05) is 44.2 Å². The Morgan fingerprint density at radius 1 is 0.967 bits per heavy atom. The lowest BCUT2D eigenvalue weighted by Crippen LogP contribution is -2.14. The summed E-state index contributed by atoms with van der Waals surface area (Å²) in [6, 6.07) is 20.3. The van der Waals surface area contributed by atoms with Crippen molar-refractivity contribution in [1.29, 1.82) is 0 Å². The zero-order valence-corrected chi connectivity index (χ0v) is 17.9. The van der Waals surface area contributed by atoms with Crippen LogP contribution in [0.4, 0.5) is 5.69 Å². The number of nitrogens with zero attached hydrogens (tertiary/aromatic N) is 3. The molecule has 4 aromatic rings. The molecule has 0 saturated heterocycles. The number of nitrogens with one attached hydrogen (secondary N) is 1. The van der Waals surface area contributed by atoms with Gasteiger partial charge in [0, 0.05) is 10.6 Å². The molecule has 0 fully saturated rings. The summed E-state index contributed by atoms with van der Waals surface area (Å²) in [6.45, 7) is 4.00. The van der Waals surface area contributed by atoms with E-state index in [9.17, 15) is 4.79 Å². The van der Waals surface area contributed by atoms with Crippen LogP contribution in [0.25, 0.3) is 17.1 Å². The number of carbonyl (C=O) groups is 1. The largest absolute Gasteiger partial charge is 0.318 e. The summed E-state index contributed by atoms with van der Waals surface area (Å²) in [5, 5.41) is 8.36. The summed E-state index contributed by atoms with van der Waals surface area (Å²) < 4.78 is 1.69. The summed E-state index contributed by atoms with van der Waals surface area (Å²) in [7, 11) is 0. The first-order valence-electron chi connectivity index (χ1n) is 9.29. The van der Waals surface area contributed by atoms with Crippen LogP contribution in [0, 0.1) is 13.8 Å². The number of para-hydroxylation sites is 1. The van der Waals surface area contributed by atoms with E-state index in [0.29, 0.717) is 21.6 Å². The van der Waals surface area contributed by atoms with E-state index < -0.39 is 5.91 Å². The first-order valence-corrected chi connectivity index (χ1v) is 10.0. The smallest absolute Gasteiger partial charge is 0.295 e. The SMILES string of the molecule is Cc1ccc(C)c(-n2nc(C(=O)Nc3ccccc3Cl)nc2-c2ccc(Cl)cc2)c1. The van der Waals surface area contributed by atoms with Crippen LogP contribution in [0.1, 0.15) is 21.7 Å². The maximum Gasteiger partial charge on any atom is 0.295 e. The van der Waals surface area contributed by atoms with Crippen molar-refractivity contribution in [3.63, 3.8) is 0 Å². The second kappa shape index (κ2) is 8.30. The van der Waals surface area contributed by atoms with Gasteiger partial charge in [0.05, 0.1) is 16.4 Å². The maximum absolute atomic E-state index is 12.9. The molecule has 5 nitrogen and oxygen atoms in total. The van der Waals surface area contributed by atoms with Gasteiger partial charge in [0.15, 0.2) is 5.82 Å². The van der Waals surface area contributed by atoms with Crippen molar-refractivity contribution in [2.24, 2.45) is 0 Å². The van der Waals surface area contributed by atoms with Crippen molar-refractivity contribution < 1.29 is 4.79 Å². The highest BCUT2D eigenvalue weighted by molar-refractivity contribution is 6.33. The summed E-state index contributed by atoms with van der Waals surface area (Å²) in [5.41, 5.74) is 4.24. The normalized spacial score (nSPS) is 10.8. The Balaban J connectivity index is 1.81. The number of amides is 1. The minimum absolute atomic E-state index is 0.0424. The Morgan fingerprint density at radius 2 is 1.70 bits per heavy atom. The molecule has 1 amide bonds. The molecular weight excluding hydrogens is 419 g/mol. The van der Waals surface area contributed by atoms with Crippen LogP contribution in [0.15, 0.2) is 66.7 Å². The van der Waals surface area contributed by atoms with E-state index in [2.05, 4.69) is 15.4 Å². The van der Waals surface area contributed by atoms with Gasteiger partial charge in [0.2, 0.25) is 5.82 Å². The highest BCUT2D eigenvalue weighted by Gasteiger charge is 2.20. The molecule has 0 spiro atoms. The number of halogens is 2. The van der Waals surface area contributed by atoms with E-state index in [0.717, 1.165) is 22.4 Å². The van der Waals surface area contributed by atoms with Gasteiger partial charge < -0.3 is 5.32 Å². The third kappa shape index (κ3) is 4.08. The van der Waals surface area contributed by atoms with Crippen molar-refractivity contribution in [3.8, 4) is 17.1 Å². The van der Waals surface area contributed by atoms with Gasteiger partial charge >= 0.3 is 0 Å². The summed E-state index contributed by atoms with van der Waals surface area (Å²) in [5.74, 6) is 0.146. The molecular formula is C23H18Cl2N4O. The van der Waals surface area contributed by atoms with Crippen molar-refractivity contribution in [2.45, 2.75) is 13.8 Å². The summed E-state index contributed by atoms with van der Waals surface area (Å²) in [6.07, 6.45) is 0. The van der Waals surface area contributed by atoms with Crippen molar-refractivity contribution in [1.82, 2.24) is 14.8 Å². The zero-order chi connectivity index (χ0) is 21.3. The number of anilines is 1. The Morgan fingerprint density at radius 3 is 2.43 bits per heavy atom. The molecule has 1 heterocycles. The predicted octanol–water partition coefficient (Wildman–Crippen LogP) is 6.11. The molecule has 0 atom stereocenters. The standard InChI is InChI=1S/C23H18Cl2N4O/c1-14-7-8-15(2)20(13-14)29-22(16-9-11-17(24)12-10-16)27-21(28-29)23(30)26-19-6-4-3-5-18(19)25/h3-13H,1-2H3,(H,26,30). The van der Waals surface area contributed by atoms with Gasteiger partial charge in [-0.1, -0.05) is 47.5 Å². The molecule has 3 aromatic carbocycles. The molecule has 0 aliphatic heterocycles. The van der Waals surface area contributed by atoms with E-state index >= 15 is 0 Å². The van der Waals surface area contributed by atoms with Crippen LogP contribution in [-0.2, 0) is 0 Å². The third-order valence-corrected chi connectivity index (χ3v) is 5.21. The monoisotopic (exact) mass is 436 g/mol. The fourth-order valence-electron chi connectivity index (χ4n) is 3.05. The third-order valence-electron chi connectivity index (χ3n) is 4.63. The fraction of sp³-hybridized carbons (Fsp3) is 0.0870. The highest BCUT2D eigenvalue weighted by Crippen LogP contribution is 2.26. The minimum atomic E-state index is -0.442. The van der Waals surface area contributed by atoms with Crippen LogP contribution in [0.3, 0.4) is 0 Å². The molecule has 0 unspecified atom stereocenters. The number of aryl methyl sites for hydroxylation is 2. The van der Waals surface area contributed by atoms with E-state index in [1.54, 1.807) is 41.1 Å². The topological polar surface area (TPSA) is 59.8 Å². The molecule has 30 heavy (non-hydrogen) atoms. The molecule has 0 radical (unpaired) electrons. The van der Waals surface area contributed by atoms with Crippen molar-refractivity contribution >= 4 is 34.8 Å². The van der Waals surface area contributed by atoms with Crippen LogP contribution < -0.4 is 5.32 Å². The quantitative estimate of drug-likeness (QED) is 0.419. The van der Waals surface area contributed by atoms with Gasteiger partial charge in [-0.3, -0.25) is 4.79 Å². The van der Waals surface area contributed by atoms with E-state index in [4.69, 9.17) is 23.2 Å². The number of hydrogen-bond donors (Lipinski definition) is 1. The Hall–Kier alpha value is -3.15. The molecule has 7 heteroatoms. The molecule has 150 valence electrons. The van der Waals surface area contributed by atoms with Crippen LogP contribution in [0.2, 0.25) is 10.0 Å². The number of hydrogen-bond acceptors (Lipinski definition) is 3. The second-order valence-electron chi connectivity index (χ2n) is 6.90. The average Bonchev–Trinajstić information content (AvgIpc) is 3.17. The average molecular weight is 437 g/mol. The molecule has 0 saturated carbocycles. The van der Waals surface area contributed by atoms with Crippen LogP contribution in [0.5, 0.6) is 0 Å². The van der Waals surface area contributed by atoms with Gasteiger partial charge in [-0.2, -0.15) is 0 Å². The molecule has 4 rings (SSSR count). The van der Waals surface area contributed by atoms with Gasteiger partial charge in [0.25, 0.3) is 5.91 Å². The lowest BCUT2D eigenvalue weighted by Gasteiger charge is -2.10. The van der Waals surface area contributed by atoms with Gasteiger partial charge in [-0.15, -0.1) is 5.10 Å². The van der Waals surface area contributed by atoms with Crippen molar-refractivity contribution in [3.05, 3.63) is 93.7 Å². The zero-order valence-electron chi connectivity index (χ0n) is 16.4. The molecule has 0 bridgehead atoms. The van der Waals surface area contributed by atoms with E-state index in [1.165, 1.54) is 0 Å². The van der Waals surface area contributed by atoms with Gasteiger partial charge in [-0.05, 0) is 67.4 Å². The number of carbonyl (C=O) groups excluding carboxylic acids is 1. The minimum Gasteiger partial charge on any atom is -0.318 e. The lowest BCUT2D eigenvalue weighted by atomic mass is 10.1. The Bertz CT molecular complexity index is 1230. The second-order valence-corrected chi connectivity index (χ2v) is 7.75. The maximum atomic E-state index is 12.9. The number of rotatable bonds is 4. The first-order chi connectivity index (χ1) is 14.4. The summed E-state index contributed by atoms with van der Waals surface area (Å²) in [4.78, 5) is 17.4.